The molecule has 0 saturated heterocycles. The van der Waals surface area contributed by atoms with Crippen LogP contribution < -0.4 is 5.32 Å². The second-order valence-electron chi connectivity index (χ2n) is 6.53. The second kappa shape index (κ2) is 4.74. The Morgan fingerprint density at radius 3 is 2.39 bits per heavy atom. The lowest BCUT2D eigenvalue weighted by molar-refractivity contribution is 0.124. The first-order chi connectivity index (χ1) is 8.42. The van der Waals surface area contributed by atoms with Crippen molar-refractivity contribution in [1.29, 1.82) is 5.26 Å². The number of rotatable bonds is 3. The average Bonchev–Trinajstić information content (AvgIpc) is 2.25. The van der Waals surface area contributed by atoms with E-state index >= 15 is 0 Å². The van der Waals surface area contributed by atoms with E-state index in [9.17, 15) is 5.26 Å². The highest BCUT2D eigenvalue weighted by molar-refractivity contribution is 5.21. The van der Waals surface area contributed by atoms with Crippen molar-refractivity contribution in [2.24, 2.45) is 5.92 Å². The second-order valence-corrected chi connectivity index (χ2v) is 6.53. The van der Waals surface area contributed by atoms with Crippen LogP contribution in [0.3, 0.4) is 0 Å². The van der Waals surface area contributed by atoms with Crippen LogP contribution in [0.4, 0.5) is 0 Å². The Morgan fingerprint density at radius 1 is 1.28 bits per heavy atom. The summed E-state index contributed by atoms with van der Waals surface area (Å²) in [6, 6.07) is 13.0. The zero-order valence-corrected chi connectivity index (χ0v) is 11.5. The lowest BCUT2D eigenvalue weighted by Gasteiger charge is -2.47. The van der Waals surface area contributed by atoms with Crippen molar-refractivity contribution in [3.63, 3.8) is 0 Å². The minimum atomic E-state index is -0.294. The van der Waals surface area contributed by atoms with Crippen molar-refractivity contribution in [3.8, 4) is 6.07 Å². The molecule has 0 heterocycles. The normalized spacial score (nSPS) is 27.3. The molecular weight excluding hydrogens is 220 g/mol. The molecule has 0 atom stereocenters. The Kier molecular flexibility index (Phi) is 3.45. The third-order valence-electron chi connectivity index (χ3n) is 3.47. The molecule has 0 unspecified atom stereocenters. The molecule has 0 aliphatic heterocycles. The van der Waals surface area contributed by atoms with Gasteiger partial charge in [0.2, 0.25) is 0 Å². The molecule has 1 aliphatic rings. The minimum Gasteiger partial charge on any atom is -0.295 e. The number of hydrogen-bond acceptors (Lipinski definition) is 2. The molecule has 0 radical (unpaired) electrons. The van der Waals surface area contributed by atoms with Crippen molar-refractivity contribution < 1.29 is 0 Å². The van der Waals surface area contributed by atoms with Gasteiger partial charge in [-0.3, -0.25) is 5.32 Å². The van der Waals surface area contributed by atoms with Gasteiger partial charge in [0.15, 0.2) is 0 Å². The van der Waals surface area contributed by atoms with Crippen molar-refractivity contribution >= 4 is 0 Å². The molecule has 2 rings (SSSR count). The van der Waals surface area contributed by atoms with Gasteiger partial charge in [0.1, 0.15) is 5.54 Å². The maximum atomic E-state index is 9.37. The van der Waals surface area contributed by atoms with E-state index in [0.717, 1.165) is 19.3 Å². The Morgan fingerprint density at radius 2 is 1.89 bits per heavy atom. The maximum absolute atomic E-state index is 9.37. The van der Waals surface area contributed by atoms with Crippen LogP contribution in [0, 0.1) is 17.2 Å². The first-order valence-corrected chi connectivity index (χ1v) is 6.67. The summed E-state index contributed by atoms with van der Waals surface area (Å²) in [5, 5.41) is 12.8. The zero-order valence-electron chi connectivity index (χ0n) is 11.5. The summed E-state index contributed by atoms with van der Waals surface area (Å²) in [5.74, 6) is 0.641. The van der Waals surface area contributed by atoms with E-state index in [2.05, 4.69) is 56.4 Å². The van der Waals surface area contributed by atoms with Gasteiger partial charge in [-0.15, -0.1) is 0 Å². The fraction of sp³-hybridized carbons (Fsp3) is 0.562. The average molecular weight is 242 g/mol. The fourth-order valence-corrected chi connectivity index (χ4v) is 2.96. The van der Waals surface area contributed by atoms with Crippen molar-refractivity contribution in [2.75, 3.05) is 0 Å². The molecule has 0 aromatic heterocycles. The van der Waals surface area contributed by atoms with E-state index in [1.54, 1.807) is 0 Å². The Balaban J connectivity index is 1.91. The monoisotopic (exact) mass is 242 g/mol. The lowest BCUT2D eigenvalue weighted by atomic mass is 9.66. The van der Waals surface area contributed by atoms with Crippen molar-refractivity contribution in [2.45, 2.75) is 51.1 Å². The molecule has 1 aliphatic carbocycles. The van der Waals surface area contributed by atoms with Gasteiger partial charge in [0, 0.05) is 5.54 Å². The summed E-state index contributed by atoms with van der Waals surface area (Å²) in [6.45, 7) is 6.36. The number of nitrogens with one attached hydrogen (secondary N) is 1. The van der Waals surface area contributed by atoms with Crippen LogP contribution >= 0.6 is 0 Å². The van der Waals surface area contributed by atoms with Gasteiger partial charge in [-0.05, 0) is 51.5 Å². The standard InChI is InChI=1S/C16H22N2/c1-15(2,3)18-16(12-17)10-14(11-16)9-13-7-5-4-6-8-13/h4-8,14,18H,9-11H2,1-3H3. The topological polar surface area (TPSA) is 35.8 Å². The van der Waals surface area contributed by atoms with Gasteiger partial charge in [-0.25, -0.2) is 0 Å². The van der Waals surface area contributed by atoms with E-state index in [1.165, 1.54) is 5.56 Å². The largest absolute Gasteiger partial charge is 0.295 e. The van der Waals surface area contributed by atoms with Gasteiger partial charge in [-0.2, -0.15) is 5.26 Å². The molecule has 1 aromatic rings. The van der Waals surface area contributed by atoms with Crippen LogP contribution in [0.25, 0.3) is 0 Å². The van der Waals surface area contributed by atoms with Gasteiger partial charge in [0.25, 0.3) is 0 Å². The highest BCUT2D eigenvalue weighted by atomic mass is 15.1. The van der Waals surface area contributed by atoms with Crippen LogP contribution in [0.2, 0.25) is 0 Å². The van der Waals surface area contributed by atoms with Crippen LogP contribution in [0.1, 0.15) is 39.2 Å². The molecule has 0 spiro atoms. The van der Waals surface area contributed by atoms with Gasteiger partial charge >= 0.3 is 0 Å². The van der Waals surface area contributed by atoms with Crippen LogP contribution in [0.5, 0.6) is 0 Å². The predicted molar refractivity (Wildman–Crippen MR) is 74.1 cm³/mol. The Hall–Kier alpha value is -1.33. The molecule has 0 amide bonds. The van der Waals surface area contributed by atoms with E-state index < -0.39 is 0 Å². The lowest BCUT2D eigenvalue weighted by Crippen LogP contribution is -2.60. The molecule has 1 saturated carbocycles. The van der Waals surface area contributed by atoms with Crippen molar-refractivity contribution in [1.82, 2.24) is 5.32 Å². The van der Waals surface area contributed by atoms with E-state index in [0.29, 0.717) is 5.92 Å². The summed E-state index contributed by atoms with van der Waals surface area (Å²) < 4.78 is 0. The maximum Gasteiger partial charge on any atom is 0.107 e. The molecule has 1 aromatic carbocycles. The first kappa shape index (κ1) is 13.1. The minimum absolute atomic E-state index is 0.00739. The highest BCUT2D eigenvalue weighted by Crippen LogP contribution is 2.40. The summed E-state index contributed by atoms with van der Waals surface area (Å²) >= 11 is 0. The molecule has 2 heteroatoms. The third-order valence-corrected chi connectivity index (χ3v) is 3.47. The molecule has 96 valence electrons. The molecule has 2 nitrogen and oxygen atoms in total. The quantitative estimate of drug-likeness (QED) is 0.883. The molecule has 18 heavy (non-hydrogen) atoms. The van der Waals surface area contributed by atoms with Gasteiger partial charge in [0.05, 0.1) is 6.07 Å². The summed E-state index contributed by atoms with van der Waals surface area (Å²) in [4.78, 5) is 0. The van der Waals surface area contributed by atoms with E-state index in [4.69, 9.17) is 0 Å². The van der Waals surface area contributed by atoms with Gasteiger partial charge < -0.3 is 0 Å². The van der Waals surface area contributed by atoms with Gasteiger partial charge in [-0.1, -0.05) is 30.3 Å². The SMILES string of the molecule is CC(C)(C)NC1(C#N)CC(Cc2ccccc2)C1. The number of nitrogens with zero attached hydrogens (tertiary/aromatic N) is 1. The number of nitriles is 1. The molecule has 0 bridgehead atoms. The number of hydrogen-bond donors (Lipinski definition) is 1. The highest BCUT2D eigenvalue weighted by Gasteiger charge is 2.46. The van der Waals surface area contributed by atoms with Crippen LogP contribution in [-0.4, -0.2) is 11.1 Å². The van der Waals surface area contributed by atoms with Crippen LogP contribution in [0.15, 0.2) is 30.3 Å². The summed E-state index contributed by atoms with van der Waals surface area (Å²) in [6.07, 6.45) is 3.03. The van der Waals surface area contributed by atoms with Crippen molar-refractivity contribution in [3.05, 3.63) is 35.9 Å². The Labute approximate surface area is 110 Å². The smallest absolute Gasteiger partial charge is 0.107 e. The molecule has 1 fully saturated rings. The zero-order chi connectivity index (χ0) is 13.2. The van der Waals surface area contributed by atoms with E-state index in [-0.39, 0.29) is 11.1 Å². The summed E-state index contributed by atoms with van der Waals surface area (Å²) in [7, 11) is 0. The third kappa shape index (κ3) is 3.11. The first-order valence-electron chi connectivity index (χ1n) is 6.67. The fourth-order valence-electron chi connectivity index (χ4n) is 2.96. The van der Waals surface area contributed by atoms with Crippen LogP contribution in [-0.2, 0) is 6.42 Å². The van der Waals surface area contributed by atoms with E-state index in [1.807, 2.05) is 6.07 Å². The predicted octanol–water partition coefficient (Wildman–Crippen LogP) is 3.29. The molecular formula is C16H22N2. The molecule has 1 N–H and O–H groups in total. The summed E-state index contributed by atoms with van der Waals surface area (Å²) in [5.41, 5.74) is 1.09. The number of benzene rings is 1. The Bertz CT molecular complexity index is 430.